The number of nitrogens with zero attached hydrogens (tertiary/aromatic N) is 2. The van der Waals surface area contributed by atoms with Gasteiger partial charge in [0.05, 0.1) is 18.1 Å². The quantitative estimate of drug-likeness (QED) is 0.179. The van der Waals surface area contributed by atoms with Crippen molar-refractivity contribution in [2.24, 2.45) is 11.8 Å². The van der Waals surface area contributed by atoms with Crippen molar-refractivity contribution < 1.29 is 29.0 Å². The van der Waals surface area contributed by atoms with Gasteiger partial charge in [0.1, 0.15) is 17.6 Å². The van der Waals surface area contributed by atoms with E-state index in [1.54, 1.807) is 15.9 Å². The van der Waals surface area contributed by atoms with E-state index in [-0.39, 0.29) is 31.6 Å². The molecule has 3 saturated heterocycles. The lowest BCUT2D eigenvalue weighted by Crippen LogP contribution is -2.56. The molecule has 8 nitrogen and oxygen atoms in total. The predicted molar refractivity (Wildman–Crippen MR) is 142 cm³/mol. The Hall–Kier alpha value is -2.19. The zero-order chi connectivity index (χ0) is 27.1. The first-order chi connectivity index (χ1) is 17.9. The fraction of sp³-hybridized carbons (Fsp3) is 0.759. The zero-order valence-corrected chi connectivity index (χ0v) is 22.8. The molecule has 3 rings (SSSR count). The van der Waals surface area contributed by atoms with E-state index >= 15 is 0 Å². The van der Waals surface area contributed by atoms with Crippen LogP contribution in [0, 0.1) is 11.8 Å². The molecule has 8 heteroatoms. The molecule has 2 bridgehead atoms. The third-order valence-corrected chi connectivity index (χ3v) is 8.47. The van der Waals surface area contributed by atoms with Gasteiger partial charge in [0, 0.05) is 26.2 Å². The minimum absolute atomic E-state index is 0.0921. The fourth-order valence-corrected chi connectivity index (χ4v) is 6.66. The molecular formula is C29H46N2O6. The fourth-order valence-electron chi connectivity index (χ4n) is 6.66. The standard InChI is InChI=1S/C29H46N2O6/c1-5-9-11-13-21-36-27(35)23-22-25(33)31(19-14-20-32)24(29(22)16-15-28(23,8-4)37-29)26(34)30(17-7-3)18-12-10-6-2/h5,7,22-24,32H,1,3,6,8-21H2,2,4H3/t22-,23-,24?,28+,29?/m0/s1. The molecule has 3 heterocycles. The highest BCUT2D eigenvalue weighted by molar-refractivity contribution is 5.98. The largest absolute Gasteiger partial charge is 0.465 e. The molecule has 1 spiro atoms. The van der Waals surface area contributed by atoms with Crippen molar-refractivity contribution in [1.82, 2.24) is 9.80 Å². The van der Waals surface area contributed by atoms with Crippen molar-refractivity contribution in [1.29, 1.82) is 0 Å². The summed E-state index contributed by atoms with van der Waals surface area (Å²) in [6.45, 7) is 13.1. The van der Waals surface area contributed by atoms with Gasteiger partial charge < -0.3 is 24.4 Å². The summed E-state index contributed by atoms with van der Waals surface area (Å²) >= 11 is 0. The molecule has 0 radical (unpaired) electrons. The van der Waals surface area contributed by atoms with Crippen molar-refractivity contribution >= 4 is 17.8 Å². The molecule has 0 aromatic rings. The van der Waals surface area contributed by atoms with Gasteiger partial charge in [-0.15, -0.1) is 13.2 Å². The lowest BCUT2D eigenvalue weighted by atomic mass is 9.65. The van der Waals surface area contributed by atoms with Gasteiger partial charge >= 0.3 is 5.97 Å². The van der Waals surface area contributed by atoms with Crippen LogP contribution < -0.4 is 0 Å². The maximum absolute atomic E-state index is 14.1. The first kappa shape index (κ1) is 29.4. The second-order valence-corrected chi connectivity index (χ2v) is 10.7. The maximum atomic E-state index is 14.1. The number of esters is 1. The van der Waals surface area contributed by atoms with Crippen molar-refractivity contribution in [3.63, 3.8) is 0 Å². The van der Waals surface area contributed by atoms with Crippen LogP contribution in [-0.2, 0) is 23.9 Å². The van der Waals surface area contributed by atoms with Crippen LogP contribution in [0.25, 0.3) is 0 Å². The summed E-state index contributed by atoms with van der Waals surface area (Å²) in [4.78, 5) is 44.9. The number of rotatable bonds is 17. The van der Waals surface area contributed by atoms with E-state index in [4.69, 9.17) is 9.47 Å². The predicted octanol–water partition coefficient (Wildman–Crippen LogP) is 3.63. The molecule has 2 unspecified atom stereocenters. The molecule has 0 aromatic heterocycles. The van der Waals surface area contributed by atoms with Crippen LogP contribution in [0.2, 0.25) is 0 Å². The van der Waals surface area contributed by atoms with E-state index in [1.165, 1.54) is 0 Å². The van der Waals surface area contributed by atoms with Crippen LogP contribution in [0.4, 0.5) is 0 Å². The number of carbonyl (C=O) groups excluding carboxylic acids is 3. The number of fused-ring (bicyclic) bond motifs is 1. The normalized spacial score (nSPS) is 29.9. The summed E-state index contributed by atoms with van der Waals surface area (Å²) in [5.74, 6) is -2.28. The first-order valence-corrected chi connectivity index (χ1v) is 14.2. The number of aliphatic hydroxyl groups excluding tert-OH is 1. The Balaban J connectivity index is 1.93. The second kappa shape index (κ2) is 13.1. The number of unbranched alkanes of at least 4 members (excludes halogenated alkanes) is 4. The Morgan fingerprint density at radius 2 is 1.95 bits per heavy atom. The van der Waals surface area contributed by atoms with Gasteiger partial charge in [0.15, 0.2) is 0 Å². The van der Waals surface area contributed by atoms with Crippen molar-refractivity contribution in [3.05, 3.63) is 25.3 Å². The Morgan fingerprint density at radius 3 is 2.59 bits per heavy atom. The van der Waals surface area contributed by atoms with E-state index in [0.717, 1.165) is 38.5 Å². The van der Waals surface area contributed by atoms with Crippen LogP contribution in [-0.4, -0.2) is 82.8 Å². The van der Waals surface area contributed by atoms with Crippen LogP contribution >= 0.6 is 0 Å². The molecule has 3 aliphatic rings. The number of hydrogen-bond acceptors (Lipinski definition) is 6. The summed E-state index contributed by atoms with van der Waals surface area (Å²) < 4.78 is 12.5. The molecule has 5 atom stereocenters. The minimum Gasteiger partial charge on any atom is -0.465 e. The number of amides is 2. The van der Waals surface area contributed by atoms with Gasteiger partial charge in [-0.2, -0.15) is 0 Å². The van der Waals surface area contributed by atoms with E-state index in [1.807, 2.05) is 13.0 Å². The number of hydrogen-bond donors (Lipinski definition) is 1. The molecule has 1 N–H and O–H groups in total. The number of allylic oxidation sites excluding steroid dienone is 1. The van der Waals surface area contributed by atoms with Crippen molar-refractivity contribution in [3.8, 4) is 0 Å². The molecule has 2 amide bonds. The van der Waals surface area contributed by atoms with E-state index < -0.39 is 35.0 Å². The first-order valence-electron chi connectivity index (χ1n) is 14.2. The van der Waals surface area contributed by atoms with E-state index in [9.17, 15) is 19.5 Å². The lowest BCUT2D eigenvalue weighted by molar-refractivity contribution is -0.162. The van der Waals surface area contributed by atoms with Gasteiger partial charge in [-0.3, -0.25) is 14.4 Å². The molecule has 37 heavy (non-hydrogen) atoms. The van der Waals surface area contributed by atoms with Gasteiger partial charge in [-0.25, -0.2) is 0 Å². The monoisotopic (exact) mass is 518 g/mol. The molecule has 0 saturated carbocycles. The summed E-state index contributed by atoms with van der Waals surface area (Å²) in [6, 6.07) is -0.822. The Kier molecular flexibility index (Phi) is 10.4. The van der Waals surface area contributed by atoms with Gasteiger partial charge in [-0.05, 0) is 51.4 Å². The Labute approximate surface area is 222 Å². The molecule has 208 valence electrons. The SMILES string of the molecule is C=CCCCCOC(=O)[C@@H]1[C@H]2C(=O)N(CCCO)C(C(=O)N(CC=C)CCCCC)C23CC[C@@]1(CC)O3. The van der Waals surface area contributed by atoms with Crippen molar-refractivity contribution in [2.45, 2.75) is 95.3 Å². The highest BCUT2D eigenvalue weighted by Gasteiger charge is 2.79. The minimum atomic E-state index is -1.06. The number of likely N-dealkylation sites (tertiary alicyclic amines) is 1. The Morgan fingerprint density at radius 1 is 1.16 bits per heavy atom. The highest BCUT2D eigenvalue weighted by atomic mass is 16.6. The highest BCUT2D eigenvalue weighted by Crippen LogP contribution is 2.64. The van der Waals surface area contributed by atoms with Crippen LogP contribution in [0.15, 0.2) is 25.3 Å². The van der Waals surface area contributed by atoms with Crippen LogP contribution in [0.1, 0.15) is 78.1 Å². The molecular weight excluding hydrogens is 472 g/mol. The molecule has 0 aromatic carbocycles. The summed E-state index contributed by atoms with van der Waals surface area (Å²) in [7, 11) is 0. The lowest BCUT2D eigenvalue weighted by Gasteiger charge is -2.37. The average Bonchev–Trinajstić information content (AvgIpc) is 3.50. The summed E-state index contributed by atoms with van der Waals surface area (Å²) in [5.41, 5.74) is -1.86. The topological polar surface area (TPSA) is 96.4 Å². The second-order valence-electron chi connectivity index (χ2n) is 10.7. The van der Waals surface area contributed by atoms with Gasteiger partial charge in [0.2, 0.25) is 11.8 Å². The third-order valence-electron chi connectivity index (χ3n) is 8.47. The molecule has 3 fully saturated rings. The summed E-state index contributed by atoms with van der Waals surface area (Å²) in [6.07, 6.45) is 11.0. The van der Waals surface area contributed by atoms with Gasteiger partial charge in [-0.1, -0.05) is 38.8 Å². The smallest absolute Gasteiger partial charge is 0.312 e. The zero-order valence-electron chi connectivity index (χ0n) is 22.8. The van der Waals surface area contributed by atoms with E-state index in [0.29, 0.717) is 38.8 Å². The van der Waals surface area contributed by atoms with Crippen molar-refractivity contribution in [2.75, 3.05) is 32.8 Å². The van der Waals surface area contributed by atoms with Crippen LogP contribution in [0.5, 0.6) is 0 Å². The van der Waals surface area contributed by atoms with E-state index in [2.05, 4.69) is 20.1 Å². The van der Waals surface area contributed by atoms with Gasteiger partial charge in [0.25, 0.3) is 0 Å². The average molecular weight is 519 g/mol. The molecule has 3 aliphatic heterocycles. The summed E-state index contributed by atoms with van der Waals surface area (Å²) in [5, 5.41) is 9.53. The number of carbonyl (C=O) groups is 3. The third kappa shape index (κ3) is 5.51. The Bertz CT molecular complexity index is 846. The van der Waals surface area contributed by atoms with Crippen LogP contribution in [0.3, 0.4) is 0 Å². The maximum Gasteiger partial charge on any atom is 0.312 e. The molecule has 0 aliphatic carbocycles. The number of ether oxygens (including phenoxy) is 2. The number of aliphatic hydroxyl groups is 1.